The standard InChI is InChI=1S/C15H23P/c1-13(2)16(14(3)4)12-8-11-15-9-6-5-7-10-15/h5-11,13-14H,12H2,1-4H3. The van der Waals surface area contributed by atoms with Crippen LogP contribution in [0.5, 0.6) is 0 Å². The largest absolute Gasteiger partial charge is 0.0976 e. The third-order valence-electron chi connectivity index (χ3n) is 2.75. The van der Waals surface area contributed by atoms with E-state index in [2.05, 4.69) is 70.2 Å². The predicted octanol–water partition coefficient (Wildman–Crippen LogP) is 5.00. The minimum absolute atomic E-state index is 0.138. The second kappa shape index (κ2) is 6.86. The molecule has 0 nitrogen and oxygen atoms in total. The minimum atomic E-state index is 0.138. The van der Waals surface area contributed by atoms with E-state index in [9.17, 15) is 0 Å². The summed E-state index contributed by atoms with van der Waals surface area (Å²) in [5.74, 6) is 0. The van der Waals surface area contributed by atoms with Crippen LogP contribution in [0.3, 0.4) is 0 Å². The Hall–Kier alpha value is -0.610. The van der Waals surface area contributed by atoms with Crippen LogP contribution < -0.4 is 0 Å². The Kier molecular flexibility index (Phi) is 5.77. The Morgan fingerprint density at radius 1 is 1.00 bits per heavy atom. The summed E-state index contributed by atoms with van der Waals surface area (Å²) < 4.78 is 0. The van der Waals surface area contributed by atoms with Crippen molar-refractivity contribution in [2.24, 2.45) is 0 Å². The molecule has 0 atom stereocenters. The van der Waals surface area contributed by atoms with Gasteiger partial charge in [0.2, 0.25) is 0 Å². The van der Waals surface area contributed by atoms with Gasteiger partial charge < -0.3 is 0 Å². The van der Waals surface area contributed by atoms with Crippen LogP contribution in [-0.2, 0) is 0 Å². The second-order valence-electron chi connectivity index (χ2n) is 4.70. The molecular weight excluding hydrogens is 211 g/mol. The summed E-state index contributed by atoms with van der Waals surface area (Å²) >= 11 is 0. The highest BCUT2D eigenvalue weighted by Gasteiger charge is 2.14. The molecule has 1 aromatic carbocycles. The lowest BCUT2D eigenvalue weighted by atomic mass is 10.2. The van der Waals surface area contributed by atoms with E-state index in [1.54, 1.807) is 0 Å². The number of allylic oxidation sites excluding steroid dienone is 1. The van der Waals surface area contributed by atoms with Crippen LogP contribution in [0.1, 0.15) is 33.3 Å². The van der Waals surface area contributed by atoms with Gasteiger partial charge in [0.1, 0.15) is 0 Å². The first-order valence-electron chi connectivity index (χ1n) is 6.08. The molecule has 0 saturated carbocycles. The molecule has 0 fully saturated rings. The van der Waals surface area contributed by atoms with Crippen molar-refractivity contribution in [3.05, 3.63) is 42.0 Å². The molecule has 0 radical (unpaired) electrons. The fourth-order valence-corrected chi connectivity index (χ4v) is 4.28. The molecule has 88 valence electrons. The van der Waals surface area contributed by atoms with E-state index in [-0.39, 0.29) is 7.92 Å². The lowest BCUT2D eigenvalue weighted by molar-refractivity contribution is 1.01. The Bertz CT molecular complexity index is 303. The first-order valence-corrected chi connectivity index (χ1v) is 7.75. The maximum atomic E-state index is 2.35. The maximum Gasteiger partial charge on any atom is -0.0137 e. The van der Waals surface area contributed by atoms with Gasteiger partial charge in [-0.05, 0) is 23.0 Å². The van der Waals surface area contributed by atoms with Gasteiger partial charge in [-0.1, -0.05) is 78.1 Å². The molecule has 0 bridgehead atoms. The highest BCUT2D eigenvalue weighted by Crippen LogP contribution is 2.45. The van der Waals surface area contributed by atoms with E-state index in [4.69, 9.17) is 0 Å². The van der Waals surface area contributed by atoms with Crippen LogP contribution in [-0.4, -0.2) is 17.5 Å². The van der Waals surface area contributed by atoms with E-state index < -0.39 is 0 Å². The normalized spacial score (nSPS) is 12.2. The summed E-state index contributed by atoms with van der Waals surface area (Å²) in [6.07, 6.45) is 5.85. The van der Waals surface area contributed by atoms with Crippen LogP contribution in [0.25, 0.3) is 6.08 Å². The molecule has 0 aliphatic heterocycles. The quantitative estimate of drug-likeness (QED) is 0.629. The van der Waals surface area contributed by atoms with Gasteiger partial charge in [-0.2, -0.15) is 0 Å². The summed E-state index contributed by atoms with van der Waals surface area (Å²) in [4.78, 5) is 0. The fraction of sp³-hybridized carbons (Fsp3) is 0.467. The topological polar surface area (TPSA) is 0 Å². The van der Waals surface area contributed by atoms with E-state index in [1.807, 2.05) is 0 Å². The SMILES string of the molecule is CC(C)P(CC=Cc1ccccc1)C(C)C. The van der Waals surface area contributed by atoms with Crippen LogP contribution in [0, 0.1) is 0 Å². The average molecular weight is 234 g/mol. The van der Waals surface area contributed by atoms with E-state index in [0.29, 0.717) is 0 Å². The molecule has 0 aliphatic carbocycles. The first-order chi connectivity index (χ1) is 7.61. The molecule has 16 heavy (non-hydrogen) atoms. The zero-order valence-electron chi connectivity index (χ0n) is 10.9. The van der Waals surface area contributed by atoms with Crippen molar-refractivity contribution >= 4 is 14.0 Å². The smallest absolute Gasteiger partial charge is 0.0137 e. The zero-order valence-corrected chi connectivity index (χ0v) is 11.7. The van der Waals surface area contributed by atoms with Crippen molar-refractivity contribution in [1.29, 1.82) is 0 Å². The monoisotopic (exact) mass is 234 g/mol. The van der Waals surface area contributed by atoms with Gasteiger partial charge in [-0.15, -0.1) is 0 Å². The molecule has 0 unspecified atom stereocenters. The van der Waals surface area contributed by atoms with Gasteiger partial charge in [0, 0.05) is 0 Å². The van der Waals surface area contributed by atoms with Crippen LogP contribution >= 0.6 is 7.92 Å². The second-order valence-corrected chi connectivity index (χ2v) is 8.16. The number of hydrogen-bond acceptors (Lipinski definition) is 0. The molecule has 1 aromatic rings. The molecule has 0 aliphatic rings. The Morgan fingerprint density at radius 3 is 2.06 bits per heavy atom. The van der Waals surface area contributed by atoms with Crippen molar-refractivity contribution in [2.75, 3.05) is 6.16 Å². The fourth-order valence-electron chi connectivity index (χ4n) is 1.89. The number of rotatable bonds is 5. The Morgan fingerprint density at radius 2 is 1.56 bits per heavy atom. The summed E-state index contributed by atoms with van der Waals surface area (Å²) in [7, 11) is 0.138. The summed E-state index contributed by atoms with van der Waals surface area (Å²) in [5, 5.41) is 0. The Balaban J connectivity index is 2.52. The van der Waals surface area contributed by atoms with E-state index in [0.717, 1.165) is 11.3 Å². The molecule has 1 rings (SSSR count). The molecular formula is C15H23P. The molecule has 0 saturated heterocycles. The first kappa shape index (κ1) is 13.5. The molecule has 0 spiro atoms. The predicted molar refractivity (Wildman–Crippen MR) is 77.5 cm³/mol. The maximum absolute atomic E-state index is 2.35. The third-order valence-corrected chi connectivity index (χ3v) is 6.04. The third kappa shape index (κ3) is 4.49. The average Bonchev–Trinajstić information content (AvgIpc) is 2.24. The van der Waals surface area contributed by atoms with E-state index in [1.165, 1.54) is 11.7 Å². The van der Waals surface area contributed by atoms with Crippen molar-refractivity contribution in [3.8, 4) is 0 Å². The molecule has 0 aromatic heterocycles. The summed E-state index contributed by atoms with van der Waals surface area (Å²) in [6, 6.07) is 10.6. The molecule has 0 N–H and O–H groups in total. The Labute approximate surface area is 102 Å². The molecule has 1 heteroatoms. The summed E-state index contributed by atoms with van der Waals surface area (Å²) in [6.45, 7) is 9.40. The number of benzene rings is 1. The van der Waals surface area contributed by atoms with Crippen molar-refractivity contribution < 1.29 is 0 Å². The van der Waals surface area contributed by atoms with E-state index >= 15 is 0 Å². The van der Waals surface area contributed by atoms with Gasteiger partial charge >= 0.3 is 0 Å². The van der Waals surface area contributed by atoms with Gasteiger partial charge in [-0.3, -0.25) is 0 Å². The minimum Gasteiger partial charge on any atom is -0.0976 e. The highest BCUT2D eigenvalue weighted by molar-refractivity contribution is 7.59. The van der Waals surface area contributed by atoms with Gasteiger partial charge in [0.25, 0.3) is 0 Å². The van der Waals surface area contributed by atoms with Crippen molar-refractivity contribution in [2.45, 2.75) is 39.0 Å². The van der Waals surface area contributed by atoms with Crippen molar-refractivity contribution in [3.63, 3.8) is 0 Å². The highest BCUT2D eigenvalue weighted by atomic mass is 31.1. The molecule has 0 heterocycles. The van der Waals surface area contributed by atoms with Crippen LogP contribution in [0.15, 0.2) is 36.4 Å². The lowest BCUT2D eigenvalue weighted by Gasteiger charge is -2.24. The van der Waals surface area contributed by atoms with Gasteiger partial charge in [0.05, 0.1) is 0 Å². The van der Waals surface area contributed by atoms with Crippen LogP contribution in [0.4, 0.5) is 0 Å². The van der Waals surface area contributed by atoms with Gasteiger partial charge in [-0.25, -0.2) is 0 Å². The molecule has 0 amide bonds. The van der Waals surface area contributed by atoms with Crippen LogP contribution in [0.2, 0.25) is 0 Å². The summed E-state index contributed by atoms with van der Waals surface area (Å²) in [5.41, 5.74) is 2.97. The van der Waals surface area contributed by atoms with Crippen molar-refractivity contribution in [1.82, 2.24) is 0 Å². The van der Waals surface area contributed by atoms with Gasteiger partial charge in [0.15, 0.2) is 0 Å². The lowest BCUT2D eigenvalue weighted by Crippen LogP contribution is -2.05. The number of hydrogen-bond donors (Lipinski definition) is 0. The zero-order chi connectivity index (χ0) is 12.0.